The van der Waals surface area contributed by atoms with Crippen LogP contribution in [0.1, 0.15) is 65.5 Å². The van der Waals surface area contributed by atoms with E-state index >= 15 is 0 Å². The molecule has 0 atom stereocenters. The normalized spacial score (nSPS) is 10.5. The monoisotopic (exact) mass is 368 g/mol. The van der Waals surface area contributed by atoms with Crippen LogP contribution < -0.4 is 0 Å². The highest BCUT2D eigenvalue weighted by molar-refractivity contribution is 6.03. The molecule has 4 nitrogen and oxygen atoms in total. The fourth-order valence-corrected chi connectivity index (χ4v) is 3.44. The first-order valence-electron chi connectivity index (χ1n) is 9.58. The minimum atomic E-state index is -0.416. The zero-order valence-electron chi connectivity index (χ0n) is 16.6. The van der Waals surface area contributed by atoms with Gasteiger partial charge in [-0.05, 0) is 48.1 Å². The molecule has 0 spiro atoms. The van der Waals surface area contributed by atoms with Crippen LogP contribution in [0.25, 0.3) is 11.1 Å². The molecule has 4 heteroatoms. The van der Waals surface area contributed by atoms with Crippen LogP contribution in [0.3, 0.4) is 0 Å². The van der Waals surface area contributed by atoms with E-state index in [1.165, 1.54) is 7.11 Å². The molecule has 2 aromatic rings. The number of carbonyl (C=O) groups is 2. The maximum absolute atomic E-state index is 12.8. The van der Waals surface area contributed by atoms with Gasteiger partial charge in [-0.3, -0.25) is 0 Å². The van der Waals surface area contributed by atoms with Crippen molar-refractivity contribution in [3.05, 3.63) is 58.7 Å². The van der Waals surface area contributed by atoms with E-state index in [1.807, 2.05) is 30.3 Å². The summed E-state index contributed by atoms with van der Waals surface area (Å²) in [4.78, 5) is 25.2. The van der Waals surface area contributed by atoms with Crippen molar-refractivity contribution in [3.63, 3.8) is 0 Å². The van der Waals surface area contributed by atoms with Crippen molar-refractivity contribution < 1.29 is 19.1 Å². The van der Waals surface area contributed by atoms with Gasteiger partial charge < -0.3 is 9.47 Å². The summed E-state index contributed by atoms with van der Waals surface area (Å²) in [5.41, 5.74) is 4.72. The lowest BCUT2D eigenvalue weighted by molar-refractivity contribution is 0.0527. The topological polar surface area (TPSA) is 52.6 Å². The average Bonchev–Trinajstić information content (AvgIpc) is 2.69. The SMILES string of the molecule is CCCc1c(C(=O)OC)cc(C(=O)OCC)c(-c2ccccc2)c1CCC. The van der Waals surface area contributed by atoms with Crippen molar-refractivity contribution in [1.29, 1.82) is 0 Å². The Bertz CT molecular complexity index is 794. The molecule has 0 saturated carbocycles. The number of hydrogen-bond donors (Lipinski definition) is 0. The lowest BCUT2D eigenvalue weighted by Gasteiger charge is -2.21. The van der Waals surface area contributed by atoms with Crippen LogP contribution in [0.2, 0.25) is 0 Å². The van der Waals surface area contributed by atoms with Gasteiger partial charge in [0, 0.05) is 0 Å². The van der Waals surface area contributed by atoms with Gasteiger partial charge in [0.1, 0.15) is 0 Å². The number of benzene rings is 2. The van der Waals surface area contributed by atoms with Gasteiger partial charge in [-0.25, -0.2) is 9.59 Å². The summed E-state index contributed by atoms with van der Waals surface area (Å²) < 4.78 is 10.3. The van der Waals surface area contributed by atoms with Gasteiger partial charge in [0.2, 0.25) is 0 Å². The molecule has 0 bridgehead atoms. The van der Waals surface area contributed by atoms with Crippen molar-refractivity contribution in [1.82, 2.24) is 0 Å². The van der Waals surface area contributed by atoms with Crippen molar-refractivity contribution in [2.24, 2.45) is 0 Å². The Balaban J connectivity index is 2.89. The fourth-order valence-electron chi connectivity index (χ4n) is 3.44. The van der Waals surface area contributed by atoms with E-state index in [0.717, 1.165) is 47.9 Å². The van der Waals surface area contributed by atoms with Crippen LogP contribution in [-0.4, -0.2) is 25.7 Å². The Morgan fingerprint density at radius 3 is 2.04 bits per heavy atom. The summed E-state index contributed by atoms with van der Waals surface area (Å²) in [7, 11) is 1.37. The van der Waals surface area contributed by atoms with Crippen LogP contribution in [0, 0.1) is 0 Å². The summed E-state index contributed by atoms with van der Waals surface area (Å²) in [5.74, 6) is -0.831. The van der Waals surface area contributed by atoms with Crippen molar-refractivity contribution in [3.8, 4) is 11.1 Å². The Labute approximate surface area is 161 Å². The second-order valence-electron chi connectivity index (χ2n) is 6.38. The lowest BCUT2D eigenvalue weighted by atomic mass is 9.84. The molecule has 2 rings (SSSR count). The van der Waals surface area contributed by atoms with Crippen LogP contribution in [0.15, 0.2) is 36.4 Å². The molecule has 0 heterocycles. The zero-order chi connectivity index (χ0) is 19.8. The van der Waals surface area contributed by atoms with Crippen molar-refractivity contribution in [2.45, 2.75) is 46.5 Å². The molecule has 0 saturated heterocycles. The Morgan fingerprint density at radius 2 is 1.48 bits per heavy atom. The van der Waals surface area contributed by atoms with Crippen LogP contribution >= 0.6 is 0 Å². The molecule has 27 heavy (non-hydrogen) atoms. The van der Waals surface area contributed by atoms with Gasteiger partial charge >= 0.3 is 11.9 Å². The maximum Gasteiger partial charge on any atom is 0.338 e. The van der Waals surface area contributed by atoms with E-state index in [-0.39, 0.29) is 6.61 Å². The van der Waals surface area contributed by atoms with Gasteiger partial charge in [-0.1, -0.05) is 57.0 Å². The smallest absolute Gasteiger partial charge is 0.338 e. The number of methoxy groups -OCH3 is 1. The number of hydrogen-bond acceptors (Lipinski definition) is 4. The summed E-state index contributed by atoms with van der Waals surface area (Å²) in [5, 5.41) is 0. The molecule has 144 valence electrons. The molecule has 0 amide bonds. The number of rotatable bonds is 8. The Kier molecular flexibility index (Phi) is 7.59. The first-order valence-corrected chi connectivity index (χ1v) is 9.58. The molecule has 0 aliphatic rings. The molecule has 0 aliphatic heterocycles. The van der Waals surface area contributed by atoms with Gasteiger partial charge in [0.05, 0.1) is 24.8 Å². The summed E-state index contributed by atoms with van der Waals surface area (Å²) in [6.45, 7) is 6.23. The van der Waals surface area contributed by atoms with E-state index in [1.54, 1.807) is 13.0 Å². The molecular weight excluding hydrogens is 340 g/mol. The quantitative estimate of drug-likeness (QED) is 0.599. The first-order chi connectivity index (χ1) is 13.1. The fraction of sp³-hybridized carbons (Fsp3) is 0.391. The van der Waals surface area contributed by atoms with E-state index in [4.69, 9.17) is 9.47 Å². The van der Waals surface area contributed by atoms with Gasteiger partial charge in [0.25, 0.3) is 0 Å². The van der Waals surface area contributed by atoms with Crippen LogP contribution in [-0.2, 0) is 22.3 Å². The lowest BCUT2D eigenvalue weighted by Crippen LogP contribution is -2.16. The Hall–Kier alpha value is -2.62. The molecule has 0 unspecified atom stereocenters. The predicted octanol–water partition coefficient (Wildman–Crippen LogP) is 5.22. The third-order valence-electron chi connectivity index (χ3n) is 4.51. The summed E-state index contributed by atoms with van der Waals surface area (Å²) in [6, 6.07) is 11.5. The molecule has 0 fully saturated rings. The van der Waals surface area contributed by atoms with Gasteiger partial charge in [-0.15, -0.1) is 0 Å². The highest BCUT2D eigenvalue weighted by atomic mass is 16.5. The van der Waals surface area contributed by atoms with E-state index in [2.05, 4.69) is 13.8 Å². The van der Waals surface area contributed by atoms with Crippen molar-refractivity contribution >= 4 is 11.9 Å². The molecular formula is C23H28O4. The standard InChI is InChI=1S/C23H28O4/c1-5-11-17-18(12-6-2)21(16-13-9-8-10-14-16)20(23(25)27-7-3)15-19(17)22(24)26-4/h8-10,13-15H,5-7,11-12H2,1-4H3. The first kappa shape index (κ1) is 20.7. The molecule has 0 aromatic heterocycles. The van der Waals surface area contributed by atoms with Crippen LogP contribution in [0.5, 0.6) is 0 Å². The number of ether oxygens (including phenoxy) is 2. The highest BCUT2D eigenvalue weighted by Gasteiger charge is 2.25. The highest BCUT2D eigenvalue weighted by Crippen LogP contribution is 2.35. The summed E-state index contributed by atoms with van der Waals surface area (Å²) >= 11 is 0. The number of carbonyl (C=O) groups excluding carboxylic acids is 2. The maximum atomic E-state index is 12.8. The van der Waals surface area contributed by atoms with E-state index in [9.17, 15) is 9.59 Å². The Morgan fingerprint density at radius 1 is 0.852 bits per heavy atom. The minimum absolute atomic E-state index is 0.278. The minimum Gasteiger partial charge on any atom is -0.465 e. The van der Waals surface area contributed by atoms with E-state index in [0.29, 0.717) is 11.1 Å². The average molecular weight is 368 g/mol. The third kappa shape index (κ3) is 4.57. The largest absolute Gasteiger partial charge is 0.465 e. The van der Waals surface area contributed by atoms with Crippen LogP contribution in [0.4, 0.5) is 0 Å². The predicted molar refractivity (Wildman–Crippen MR) is 107 cm³/mol. The molecule has 0 radical (unpaired) electrons. The second-order valence-corrected chi connectivity index (χ2v) is 6.38. The summed E-state index contributed by atoms with van der Waals surface area (Å²) in [6.07, 6.45) is 3.33. The van der Waals surface area contributed by atoms with Gasteiger partial charge in [0.15, 0.2) is 0 Å². The molecule has 0 aliphatic carbocycles. The number of esters is 2. The third-order valence-corrected chi connectivity index (χ3v) is 4.51. The van der Waals surface area contributed by atoms with Gasteiger partial charge in [-0.2, -0.15) is 0 Å². The van der Waals surface area contributed by atoms with Crippen molar-refractivity contribution in [2.75, 3.05) is 13.7 Å². The molecule has 2 aromatic carbocycles. The zero-order valence-corrected chi connectivity index (χ0v) is 16.6. The second kappa shape index (κ2) is 9.91. The van der Waals surface area contributed by atoms with E-state index < -0.39 is 11.9 Å². The molecule has 0 N–H and O–H groups in total.